The molecule has 2 rings (SSSR count). The molecule has 0 aliphatic rings. The SMILES string of the molecule is CCC(=NNC(=O)COc1ccc(CC)cc1Br)c1ccc(O)cc1. The highest BCUT2D eigenvalue weighted by atomic mass is 79.9. The Bertz CT molecular complexity index is 758. The molecule has 0 atom stereocenters. The van der Waals surface area contributed by atoms with Crippen LogP contribution >= 0.6 is 15.9 Å². The van der Waals surface area contributed by atoms with E-state index in [2.05, 4.69) is 33.4 Å². The van der Waals surface area contributed by atoms with Crippen LogP contribution in [-0.2, 0) is 11.2 Å². The van der Waals surface area contributed by atoms with Crippen molar-refractivity contribution in [1.82, 2.24) is 5.43 Å². The van der Waals surface area contributed by atoms with Crippen molar-refractivity contribution in [3.63, 3.8) is 0 Å². The van der Waals surface area contributed by atoms with E-state index in [1.54, 1.807) is 24.3 Å². The minimum atomic E-state index is -0.337. The lowest BCUT2D eigenvalue weighted by Crippen LogP contribution is -2.26. The summed E-state index contributed by atoms with van der Waals surface area (Å²) in [5.41, 5.74) is 5.27. The zero-order chi connectivity index (χ0) is 18.2. The molecule has 0 fully saturated rings. The molecule has 0 bridgehead atoms. The van der Waals surface area contributed by atoms with Crippen molar-refractivity contribution in [1.29, 1.82) is 0 Å². The lowest BCUT2D eigenvalue weighted by molar-refractivity contribution is -0.123. The van der Waals surface area contributed by atoms with Crippen molar-refractivity contribution in [2.75, 3.05) is 6.61 Å². The standard InChI is InChI=1S/C19H21BrN2O3/c1-3-13-5-10-18(16(20)11-13)25-12-19(24)22-21-17(4-2)14-6-8-15(23)9-7-14/h5-11,23H,3-4,12H2,1-2H3,(H,22,24). The molecule has 0 aromatic heterocycles. The lowest BCUT2D eigenvalue weighted by atomic mass is 10.1. The maximum atomic E-state index is 12.0. The Kier molecular flexibility index (Phi) is 7.01. The number of amides is 1. The van der Waals surface area contributed by atoms with Crippen LogP contribution in [0.25, 0.3) is 0 Å². The van der Waals surface area contributed by atoms with Crippen LogP contribution in [0.5, 0.6) is 11.5 Å². The molecule has 0 saturated carbocycles. The fourth-order valence-electron chi connectivity index (χ4n) is 2.19. The lowest BCUT2D eigenvalue weighted by Gasteiger charge is -2.09. The molecule has 0 radical (unpaired) electrons. The summed E-state index contributed by atoms with van der Waals surface area (Å²) >= 11 is 3.44. The number of aryl methyl sites for hydroxylation is 1. The smallest absolute Gasteiger partial charge is 0.277 e. The van der Waals surface area contributed by atoms with Crippen LogP contribution in [0.2, 0.25) is 0 Å². The summed E-state index contributed by atoms with van der Waals surface area (Å²) in [5.74, 6) is 0.470. The van der Waals surface area contributed by atoms with Gasteiger partial charge in [-0.2, -0.15) is 5.10 Å². The number of carbonyl (C=O) groups is 1. The van der Waals surface area contributed by atoms with Gasteiger partial charge >= 0.3 is 0 Å². The van der Waals surface area contributed by atoms with E-state index in [-0.39, 0.29) is 18.3 Å². The highest BCUT2D eigenvalue weighted by molar-refractivity contribution is 9.10. The maximum Gasteiger partial charge on any atom is 0.277 e. The number of rotatable bonds is 7. The van der Waals surface area contributed by atoms with E-state index in [1.165, 1.54) is 5.56 Å². The predicted molar refractivity (Wildman–Crippen MR) is 102 cm³/mol. The Labute approximate surface area is 155 Å². The van der Waals surface area contributed by atoms with Gasteiger partial charge in [-0.15, -0.1) is 0 Å². The summed E-state index contributed by atoms with van der Waals surface area (Å²) in [6, 6.07) is 12.5. The minimum absolute atomic E-state index is 0.125. The molecule has 6 heteroatoms. The summed E-state index contributed by atoms with van der Waals surface area (Å²) in [6.45, 7) is 3.90. The van der Waals surface area contributed by atoms with Gasteiger partial charge in [0.2, 0.25) is 0 Å². The van der Waals surface area contributed by atoms with Gasteiger partial charge in [0.15, 0.2) is 6.61 Å². The third-order valence-corrected chi connectivity index (χ3v) is 4.23. The van der Waals surface area contributed by atoms with Crippen molar-refractivity contribution < 1.29 is 14.6 Å². The number of nitrogens with zero attached hydrogens (tertiary/aromatic N) is 1. The van der Waals surface area contributed by atoms with Gasteiger partial charge in [0, 0.05) is 0 Å². The van der Waals surface area contributed by atoms with Crippen molar-refractivity contribution in [3.8, 4) is 11.5 Å². The zero-order valence-corrected chi connectivity index (χ0v) is 15.8. The minimum Gasteiger partial charge on any atom is -0.508 e. The molecule has 132 valence electrons. The van der Waals surface area contributed by atoms with Crippen LogP contribution in [0.15, 0.2) is 52.0 Å². The number of phenolic OH excluding ortho intramolecular Hbond substituents is 1. The van der Waals surface area contributed by atoms with Gasteiger partial charge in [0.1, 0.15) is 11.5 Å². The second-order valence-corrected chi connectivity index (χ2v) is 6.26. The first-order valence-electron chi connectivity index (χ1n) is 8.09. The number of hydrogen-bond acceptors (Lipinski definition) is 4. The number of aromatic hydroxyl groups is 1. The maximum absolute atomic E-state index is 12.0. The Hall–Kier alpha value is -2.34. The van der Waals surface area contributed by atoms with E-state index in [9.17, 15) is 9.90 Å². The molecule has 0 spiro atoms. The predicted octanol–water partition coefficient (Wildman–Crippen LogP) is 4.03. The quantitative estimate of drug-likeness (QED) is 0.540. The summed E-state index contributed by atoms with van der Waals surface area (Å²) in [4.78, 5) is 12.0. The zero-order valence-electron chi connectivity index (χ0n) is 14.3. The Morgan fingerprint density at radius 2 is 1.92 bits per heavy atom. The average Bonchev–Trinajstić information content (AvgIpc) is 2.62. The molecule has 0 unspecified atom stereocenters. The molecule has 25 heavy (non-hydrogen) atoms. The van der Waals surface area contributed by atoms with Gasteiger partial charge in [-0.1, -0.05) is 19.9 Å². The van der Waals surface area contributed by atoms with Crippen LogP contribution in [0.4, 0.5) is 0 Å². The number of nitrogens with one attached hydrogen (secondary N) is 1. The van der Waals surface area contributed by atoms with Crippen molar-refractivity contribution in [2.45, 2.75) is 26.7 Å². The third-order valence-electron chi connectivity index (χ3n) is 3.61. The van der Waals surface area contributed by atoms with Crippen LogP contribution in [0, 0.1) is 0 Å². The first-order chi connectivity index (χ1) is 12.0. The molecule has 2 aromatic carbocycles. The van der Waals surface area contributed by atoms with Gasteiger partial charge in [-0.3, -0.25) is 4.79 Å². The van der Waals surface area contributed by atoms with E-state index >= 15 is 0 Å². The molecule has 5 nitrogen and oxygen atoms in total. The number of halogens is 1. The summed E-state index contributed by atoms with van der Waals surface area (Å²) in [5, 5.41) is 13.5. The molecular weight excluding hydrogens is 384 g/mol. The van der Waals surface area contributed by atoms with Crippen LogP contribution < -0.4 is 10.2 Å². The summed E-state index contributed by atoms with van der Waals surface area (Å²) in [6.07, 6.45) is 1.58. The molecule has 2 aromatic rings. The Morgan fingerprint density at radius 1 is 1.20 bits per heavy atom. The van der Waals surface area contributed by atoms with Crippen LogP contribution in [0.3, 0.4) is 0 Å². The highest BCUT2D eigenvalue weighted by Gasteiger charge is 2.07. The number of benzene rings is 2. The summed E-state index contributed by atoms with van der Waals surface area (Å²) in [7, 11) is 0. The van der Waals surface area contributed by atoms with Crippen molar-refractivity contribution in [3.05, 3.63) is 58.1 Å². The second-order valence-electron chi connectivity index (χ2n) is 5.40. The molecule has 0 heterocycles. The van der Waals surface area contributed by atoms with Gasteiger partial charge in [0.25, 0.3) is 5.91 Å². The molecular formula is C19H21BrN2O3. The van der Waals surface area contributed by atoms with Gasteiger partial charge < -0.3 is 9.84 Å². The monoisotopic (exact) mass is 404 g/mol. The normalized spacial score (nSPS) is 11.2. The highest BCUT2D eigenvalue weighted by Crippen LogP contribution is 2.26. The van der Waals surface area contributed by atoms with Gasteiger partial charge in [-0.25, -0.2) is 5.43 Å². The first-order valence-corrected chi connectivity index (χ1v) is 8.88. The van der Waals surface area contributed by atoms with Gasteiger partial charge in [0.05, 0.1) is 10.2 Å². The number of hydrazone groups is 1. The molecule has 0 aliphatic heterocycles. The van der Waals surface area contributed by atoms with E-state index in [0.29, 0.717) is 12.2 Å². The largest absolute Gasteiger partial charge is 0.508 e. The number of ether oxygens (including phenoxy) is 1. The fraction of sp³-hybridized carbons (Fsp3) is 0.263. The van der Waals surface area contributed by atoms with Crippen molar-refractivity contribution >= 4 is 27.5 Å². The molecule has 0 aliphatic carbocycles. The topological polar surface area (TPSA) is 70.9 Å². The van der Waals surface area contributed by atoms with E-state index in [1.807, 2.05) is 25.1 Å². The average molecular weight is 405 g/mol. The van der Waals surface area contributed by atoms with E-state index in [4.69, 9.17) is 4.74 Å². The van der Waals surface area contributed by atoms with Gasteiger partial charge in [-0.05, 0) is 76.3 Å². The van der Waals surface area contributed by atoms with E-state index in [0.717, 1.165) is 22.2 Å². The van der Waals surface area contributed by atoms with E-state index < -0.39 is 0 Å². The first kappa shape index (κ1) is 19.0. The molecule has 1 amide bonds. The van der Waals surface area contributed by atoms with Crippen LogP contribution in [0.1, 0.15) is 31.4 Å². The number of carbonyl (C=O) groups excluding carboxylic acids is 1. The Balaban J connectivity index is 1.94. The Morgan fingerprint density at radius 3 is 2.52 bits per heavy atom. The molecule has 2 N–H and O–H groups in total. The number of hydrogen-bond donors (Lipinski definition) is 2. The third kappa shape index (κ3) is 5.60. The van der Waals surface area contributed by atoms with Crippen molar-refractivity contribution in [2.24, 2.45) is 5.10 Å². The van der Waals surface area contributed by atoms with Crippen LogP contribution in [-0.4, -0.2) is 23.3 Å². The fourth-order valence-corrected chi connectivity index (χ4v) is 2.73. The molecule has 0 saturated heterocycles. The summed E-state index contributed by atoms with van der Waals surface area (Å²) < 4.78 is 6.35. The second kappa shape index (κ2) is 9.22. The number of phenols is 1.